The minimum Gasteiger partial charge on any atom is -0.0827 e. The molecule has 14 heavy (non-hydrogen) atoms. The Morgan fingerprint density at radius 2 is 1.79 bits per heavy atom. The fraction of sp³-hybridized carbons (Fsp3) is 0. The summed E-state index contributed by atoms with van der Waals surface area (Å²) in [7, 11) is 0. The van der Waals surface area contributed by atoms with E-state index in [0.29, 0.717) is 10.0 Å². The van der Waals surface area contributed by atoms with Gasteiger partial charge in [-0.15, -0.1) is 0 Å². The molecule has 0 N–H and O–H groups in total. The summed E-state index contributed by atoms with van der Waals surface area (Å²) in [5, 5.41) is 1.15. The molecule has 2 heteroatoms. The van der Waals surface area contributed by atoms with Crippen molar-refractivity contribution < 1.29 is 0 Å². The summed E-state index contributed by atoms with van der Waals surface area (Å²) in [5.41, 5.74) is 2.05. The Morgan fingerprint density at radius 3 is 2.43 bits per heavy atom. The summed E-state index contributed by atoms with van der Waals surface area (Å²) in [5.74, 6) is 0. The van der Waals surface area contributed by atoms with E-state index in [9.17, 15) is 0 Å². The fourth-order valence-corrected chi connectivity index (χ4v) is 1.53. The standard InChI is InChI=1S/C12H7Cl2/c13-11-7-6-10(8-12(11)14)9-4-2-1-3-5-9/h1-4,6-8H. The molecule has 0 aliphatic carbocycles. The smallest absolute Gasteiger partial charge is 0.0598 e. The zero-order valence-electron chi connectivity index (χ0n) is 7.30. The highest BCUT2D eigenvalue weighted by Crippen LogP contribution is 2.27. The molecule has 0 heterocycles. The van der Waals surface area contributed by atoms with E-state index in [2.05, 4.69) is 6.07 Å². The normalized spacial score (nSPS) is 10.1. The first-order valence-electron chi connectivity index (χ1n) is 4.19. The summed E-state index contributed by atoms with van der Waals surface area (Å²) in [4.78, 5) is 0. The molecule has 1 radical (unpaired) electrons. The minimum absolute atomic E-state index is 0.571. The van der Waals surface area contributed by atoms with Crippen LogP contribution in [0.5, 0.6) is 0 Å². The van der Waals surface area contributed by atoms with Gasteiger partial charge < -0.3 is 0 Å². The van der Waals surface area contributed by atoms with E-state index >= 15 is 0 Å². The third-order valence-electron chi connectivity index (χ3n) is 1.94. The van der Waals surface area contributed by atoms with Crippen molar-refractivity contribution in [1.29, 1.82) is 0 Å². The van der Waals surface area contributed by atoms with Crippen LogP contribution in [0.4, 0.5) is 0 Å². The van der Waals surface area contributed by atoms with E-state index in [-0.39, 0.29) is 0 Å². The molecule has 69 valence electrons. The lowest BCUT2D eigenvalue weighted by molar-refractivity contribution is 1.61. The topological polar surface area (TPSA) is 0 Å². The second kappa shape index (κ2) is 4.04. The van der Waals surface area contributed by atoms with Crippen LogP contribution in [0.1, 0.15) is 0 Å². The molecular formula is C12H7Cl2. The Kier molecular flexibility index (Phi) is 2.76. The van der Waals surface area contributed by atoms with Crippen molar-refractivity contribution in [3.8, 4) is 11.1 Å². The fourth-order valence-electron chi connectivity index (χ4n) is 1.24. The van der Waals surface area contributed by atoms with Crippen molar-refractivity contribution in [2.24, 2.45) is 0 Å². The molecule has 0 saturated carbocycles. The minimum atomic E-state index is 0.571. The van der Waals surface area contributed by atoms with E-state index in [1.807, 2.05) is 36.4 Å². The first-order valence-corrected chi connectivity index (χ1v) is 4.95. The highest BCUT2D eigenvalue weighted by atomic mass is 35.5. The van der Waals surface area contributed by atoms with Crippen LogP contribution in [-0.4, -0.2) is 0 Å². The summed E-state index contributed by atoms with van der Waals surface area (Å²) >= 11 is 11.7. The van der Waals surface area contributed by atoms with Crippen LogP contribution in [0.25, 0.3) is 11.1 Å². The molecule has 2 rings (SSSR count). The van der Waals surface area contributed by atoms with Crippen molar-refractivity contribution >= 4 is 23.2 Å². The quantitative estimate of drug-likeness (QED) is 0.668. The van der Waals surface area contributed by atoms with Gasteiger partial charge in [-0.05, 0) is 29.3 Å². The molecule has 2 aromatic carbocycles. The van der Waals surface area contributed by atoms with Gasteiger partial charge in [0, 0.05) is 0 Å². The summed E-state index contributed by atoms with van der Waals surface area (Å²) in [6.07, 6.45) is 0. The maximum absolute atomic E-state index is 5.92. The van der Waals surface area contributed by atoms with E-state index in [0.717, 1.165) is 11.1 Å². The van der Waals surface area contributed by atoms with Crippen LogP contribution in [-0.2, 0) is 0 Å². The lowest BCUT2D eigenvalue weighted by atomic mass is 10.1. The molecule has 0 bridgehead atoms. The SMILES string of the molecule is Clc1ccc(-c2[c]cccc2)cc1Cl. The molecule has 0 saturated heterocycles. The van der Waals surface area contributed by atoms with Crippen molar-refractivity contribution in [3.63, 3.8) is 0 Å². The monoisotopic (exact) mass is 221 g/mol. The summed E-state index contributed by atoms with van der Waals surface area (Å²) in [6, 6.07) is 16.5. The van der Waals surface area contributed by atoms with Crippen molar-refractivity contribution in [2.75, 3.05) is 0 Å². The van der Waals surface area contributed by atoms with E-state index < -0.39 is 0 Å². The molecule has 0 aromatic heterocycles. The average Bonchev–Trinajstić information content (AvgIpc) is 2.23. The van der Waals surface area contributed by atoms with Crippen LogP contribution in [0.3, 0.4) is 0 Å². The Morgan fingerprint density at radius 1 is 0.929 bits per heavy atom. The molecule has 0 nitrogen and oxygen atoms in total. The van der Waals surface area contributed by atoms with Gasteiger partial charge in [0.05, 0.1) is 10.0 Å². The molecule has 0 aliphatic heterocycles. The largest absolute Gasteiger partial charge is 0.0827 e. The second-order valence-electron chi connectivity index (χ2n) is 2.91. The Balaban J connectivity index is 2.48. The van der Waals surface area contributed by atoms with Gasteiger partial charge in [0.2, 0.25) is 0 Å². The molecule has 0 atom stereocenters. The molecule has 0 aliphatic rings. The average molecular weight is 222 g/mol. The van der Waals surface area contributed by atoms with Gasteiger partial charge in [0.15, 0.2) is 0 Å². The zero-order chi connectivity index (χ0) is 9.97. The maximum atomic E-state index is 5.92. The number of halogens is 2. The van der Waals surface area contributed by atoms with Crippen LogP contribution in [0.2, 0.25) is 10.0 Å². The highest BCUT2D eigenvalue weighted by Gasteiger charge is 2.00. The third-order valence-corrected chi connectivity index (χ3v) is 2.68. The lowest BCUT2D eigenvalue weighted by Crippen LogP contribution is -1.77. The zero-order valence-corrected chi connectivity index (χ0v) is 8.81. The van der Waals surface area contributed by atoms with E-state index in [1.165, 1.54) is 0 Å². The van der Waals surface area contributed by atoms with Crippen LogP contribution in [0.15, 0.2) is 42.5 Å². The Labute approximate surface area is 93.1 Å². The van der Waals surface area contributed by atoms with Gasteiger partial charge in [-0.3, -0.25) is 0 Å². The van der Waals surface area contributed by atoms with E-state index in [1.54, 1.807) is 6.07 Å². The second-order valence-corrected chi connectivity index (χ2v) is 3.72. The first-order chi connectivity index (χ1) is 6.77. The number of rotatable bonds is 1. The Hall–Kier alpha value is -0.980. The Bertz CT molecular complexity index is 435. The molecule has 0 amide bonds. The van der Waals surface area contributed by atoms with Gasteiger partial charge in [-0.25, -0.2) is 0 Å². The van der Waals surface area contributed by atoms with Crippen LogP contribution < -0.4 is 0 Å². The van der Waals surface area contributed by atoms with E-state index in [4.69, 9.17) is 23.2 Å². The van der Waals surface area contributed by atoms with Gasteiger partial charge >= 0.3 is 0 Å². The van der Waals surface area contributed by atoms with Crippen molar-refractivity contribution in [3.05, 3.63) is 58.6 Å². The number of benzene rings is 2. The predicted octanol–water partition coefficient (Wildman–Crippen LogP) is 4.46. The van der Waals surface area contributed by atoms with Crippen molar-refractivity contribution in [1.82, 2.24) is 0 Å². The van der Waals surface area contributed by atoms with Crippen LogP contribution in [0, 0.1) is 6.07 Å². The van der Waals surface area contributed by atoms with Gasteiger partial charge in [0.25, 0.3) is 0 Å². The van der Waals surface area contributed by atoms with Gasteiger partial charge in [-0.2, -0.15) is 0 Å². The first kappa shape index (κ1) is 9.57. The molecule has 0 unspecified atom stereocenters. The van der Waals surface area contributed by atoms with Gasteiger partial charge in [-0.1, -0.05) is 53.5 Å². The predicted molar refractivity (Wildman–Crippen MR) is 60.7 cm³/mol. The molecule has 0 fully saturated rings. The molecule has 2 aromatic rings. The molecule has 0 spiro atoms. The maximum Gasteiger partial charge on any atom is 0.0598 e. The highest BCUT2D eigenvalue weighted by molar-refractivity contribution is 6.42. The summed E-state index contributed by atoms with van der Waals surface area (Å²) in [6.45, 7) is 0. The van der Waals surface area contributed by atoms with Crippen LogP contribution >= 0.6 is 23.2 Å². The van der Waals surface area contributed by atoms with Crippen molar-refractivity contribution in [2.45, 2.75) is 0 Å². The van der Waals surface area contributed by atoms with Gasteiger partial charge in [0.1, 0.15) is 0 Å². The third kappa shape index (κ3) is 1.92. The lowest BCUT2D eigenvalue weighted by Gasteiger charge is -2.02. The number of hydrogen-bond donors (Lipinski definition) is 0. The summed E-state index contributed by atoms with van der Waals surface area (Å²) < 4.78 is 0. The molecular weight excluding hydrogens is 215 g/mol. The number of hydrogen-bond acceptors (Lipinski definition) is 0.